The Hall–Kier alpha value is -3.82. The van der Waals surface area contributed by atoms with E-state index < -0.39 is 15.9 Å². The molecule has 180 valence electrons. The maximum absolute atomic E-state index is 13.3. The molecule has 3 aromatic carbocycles. The predicted octanol–water partition coefficient (Wildman–Crippen LogP) is 5.41. The molecule has 0 unspecified atom stereocenters. The fourth-order valence-electron chi connectivity index (χ4n) is 3.60. The molecule has 0 atom stereocenters. The first-order valence-corrected chi connectivity index (χ1v) is 12.4. The van der Waals surface area contributed by atoms with Gasteiger partial charge in [-0.05, 0) is 55.3 Å². The summed E-state index contributed by atoms with van der Waals surface area (Å²) in [4.78, 5) is 19.9. The summed E-state index contributed by atoms with van der Waals surface area (Å²) in [5.74, 6) is 0.213. The van der Waals surface area contributed by atoms with Crippen LogP contribution in [0.3, 0.4) is 0 Å². The summed E-state index contributed by atoms with van der Waals surface area (Å²) in [6, 6.07) is 17.1. The Morgan fingerprint density at radius 2 is 1.71 bits per heavy atom. The number of rotatable bonds is 7. The second-order valence-corrected chi connectivity index (χ2v) is 9.94. The first-order valence-electron chi connectivity index (χ1n) is 10.6. The topological polar surface area (TPSA) is 113 Å². The highest BCUT2D eigenvalue weighted by Crippen LogP contribution is 2.32. The number of anilines is 2. The van der Waals surface area contributed by atoms with Gasteiger partial charge >= 0.3 is 0 Å². The summed E-state index contributed by atoms with van der Waals surface area (Å²) < 4.78 is 34.5. The molecule has 4 rings (SSSR count). The number of carbonyl (C=O) groups is 1. The Labute approximate surface area is 208 Å². The van der Waals surface area contributed by atoms with Gasteiger partial charge in [0, 0.05) is 16.3 Å². The van der Waals surface area contributed by atoms with Crippen LogP contribution in [-0.4, -0.2) is 31.4 Å². The van der Waals surface area contributed by atoms with E-state index in [1.807, 2.05) is 30.3 Å². The van der Waals surface area contributed by atoms with Gasteiger partial charge in [0.05, 0.1) is 19.0 Å². The van der Waals surface area contributed by atoms with Gasteiger partial charge in [0.2, 0.25) is 0 Å². The number of halogens is 1. The third-order valence-corrected chi connectivity index (χ3v) is 6.90. The van der Waals surface area contributed by atoms with E-state index in [0.717, 1.165) is 5.56 Å². The minimum Gasteiger partial charge on any atom is -0.495 e. The molecule has 10 heteroatoms. The summed E-state index contributed by atoms with van der Waals surface area (Å²) in [6.45, 7) is 3.53. The number of benzene rings is 3. The van der Waals surface area contributed by atoms with Crippen molar-refractivity contribution < 1.29 is 17.9 Å². The van der Waals surface area contributed by atoms with E-state index >= 15 is 0 Å². The highest BCUT2D eigenvalue weighted by Gasteiger charge is 2.23. The molecule has 0 aliphatic carbocycles. The molecular weight excluding hydrogens is 488 g/mol. The number of methoxy groups -OCH3 is 1. The summed E-state index contributed by atoms with van der Waals surface area (Å²) >= 11 is 6.07. The lowest BCUT2D eigenvalue weighted by atomic mass is 10.1. The van der Waals surface area contributed by atoms with Crippen LogP contribution < -0.4 is 14.8 Å². The Kier molecular flexibility index (Phi) is 6.81. The second-order valence-electron chi connectivity index (χ2n) is 7.85. The van der Waals surface area contributed by atoms with Crippen molar-refractivity contribution in [2.24, 2.45) is 0 Å². The second kappa shape index (κ2) is 9.81. The van der Waals surface area contributed by atoms with Crippen molar-refractivity contribution in [2.75, 3.05) is 17.1 Å². The molecule has 8 nitrogen and oxygen atoms in total. The standard InChI is InChI=1S/C25H23ClN4O4S/c1-15-11-18(26)12-16(2)23(15)30-35(32,33)22-13-19(9-10-21(22)34-3)28-25(31)20-14-27-24(29-20)17-7-5-4-6-8-17/h4-14,30H,1-3H3,(H,27,29)(H,28,31). The third-order valence-electron chi connectivity index (χ3n) is 5.31. The van der Waals surface area contributed by atoms with Crippen LogP contribution >= 0.6 is 11.6 Å². The Morgan fingerprint density at radius 3 is 2.37 bits per heavy atom. The minimum atomic E-state index is -4.06. The van der Waals surface area contributed by atoms with Crippen LogP contribution in [-0.2, 0) is 10.0 Å². The van der Waals surface area contributed by atoms with E-state index in [4.69, 9.17) is 16.3 Å². The number of nitrogens with zero attached hydrogens (tertiary/aromatic N) is 1. The number of ether oxygens (including phenoxy) is 1. The molecule has 1 aromatic heterocycles. The smallest absolute Gasteiger partial charge is 0.273 e. The molecular formula is C25H23ClN4O4S. The van der Waals surface area contributed by atoms with Gasteiger partial charge in [0.15, 0.2) is 0 Å². The molecule has 0 aliphatic heterocycles. The largest absolute Gasteiger partial charge is 0.495 e. The van der Waals surface area contributed by atoms with Gasteiger partial charge in [-0.25, -0.2) is 13.4 Å². The molecule has 0 saturated heterocycles. The highest BCUT2D eigenvalue weighted by molar-refractivity contribution is 7.92. The van der Waals surface area contributed by atoms with Crippen LogP contribution in [0.25, 0.3) is 11.4 Å². The zero-order valence-electron chi connectivity index (χ0n) is 19.2. The van der Waals surface area contributed by atoms with Gasteiger partial charge in [-0.3, -0.25) is 9.52 Å². The van der Waals surface area contributed by atoms with Crippen molar-refractivity contribution in [3.8, 4) is 17.1 Å². The summed E-state index contributed by atoms with van der Waals surface area (Å²) in [5.41, 5.74) is 3.12. The maximum atomic E-state index is 13.3. The number of nitrogens with one attached hydrogen (secondary N) is 3. The van der Waals surface area contributed by atoms with E-state index in [1.165, 1.54) is 25.4 Å². The molecule has 3 N–H and O–H groups in total. The van der Waals surface area contributed by atoms with Gasteiger partial charge < -0.3 is 15.0 Å². The Balaban J connectivity index is 1.61. The average Bonchev–Trinajstić information content (AvgIpc) is 3.33. The first-order chi connectivity index (χ1) is 16.7. The number of amides is 1. The number of aryl methyl sites for hydroxylation is 2. The van der Waals surface area contributed by atoms with Gasteiger partial charge in [-0.1, -0.05) is 41.9 Å². The van der Waals surface area contributed by atoms with E-state index in [2.05, 4.69) is 20.0 Å². The van der Waals surface area contributed by atoms with Gasteiger partial charge in [-0.15, -0.1) is 0 Å². The molecule has 0 spiro atoms. The number of H-pyrrole nitrogens is 1. The molecule has 35 heavy (non-hydrogen) atoms. The van der Waals surface area contributed by atoms with E-state index in [1.54, 1.807) is 32.0 Å². The van der Waals surface area contributed by atoms with E-state index in [0.29, 0.717) is 27.7 Å². The van der Waals surface area contributed by atoms with Gasteiger partial charge in [0.25, 0.3) is 15.9 Å². The van der Waals surface area contributed by atoms with Gasteiger partial charge in [-0.2, -0.15) is 0 Å². The highest BCUT2D eigenvalue weighted by atomic mass is 35.5. The first kappa shape index (κ1) is 24.3. The molecule has 0 radical (unpaired) electrons. The monoisotopic (exact) mass is 510 g/mol. The summed E-state index contributed by atoms with van der Waals surface area (Å²) in [6.07, 6.45) is 1.42. The lowest BCUT2D eigenvalue weighted by Crippen LogP contribution is -2.17. The fraction of sp³-hybridized carbons (Fsp3) is 0.120. The van der Waals surface area contributed by atoms with Crippen molar-refractivity contribution in [3.63, 3.8) is 0 Å². The number of carbonyl (C=O) groups excluding carboxylic acids is 1. The quantitative estimate of drug-likeness (QED) is 0.307. The Bertz CT molecular complexity index is 1480. The number of imidazole rings is 1. The Morgan fingerprint density at radius 1 is 1.03 bits per heavy atom. The molecule has 4 aromatic rings. The zero-order valence-corrected chi connectivity index (χ0v) is 20.8. The number of hydrogen-bond acceptors (Lipinski definition) is 5. The SMILES string of the molecule is COc1ccc(NC(=O)c2cnc(-c3ccccc3)[nH]2)cc1S(=O)(=O)Nc1c(C)cc(Cl)cc1C. The van der Waals surface area contributed by atoms with Crippen molar-refractivity contribution in [2.45, 2.75) is 18.7 Å². The van der Waals surface area contributed by atoms with E-state index in [9.17, 15) is 13.2 Å². The minimum absolute atomic E-state index is 0.124. The number of hydrogen-bond donors (Lipinski definition) is 3. The van der Waals surface area contributed by atoms with Crippen molar-refractivity contribution in [1.82, 2.24) is 9.97 Å². The summed E-state index contributed by atoms with van der Waals surface area (Å²) in [7, 11) is -2.68. The number of aromatic amines is 1. The lowest BCUT2D eigenvalue weighted by Gasteiger charge is -2.16. The zero-order chi connectivity index (χ0) is 25.2. The number of sulfonamides is 1. The molecule has 0 saturated carbocycles. The molecule has 0 fully saturated rings. The van der Waals surface area contributed by atoms with Crippen LogP contribution in [0.15, 0.2) is 71.8 Å². The van der Waals surface area contributed by atoms with Gasteiger partial charge in [0.1, 0.15) is 22.2 Å². The predicted molar refractivity (Wildman–Crippen MR) is 137 cm³/mol. The normalized spacial score (nSPS) is 11.2. The van der Waals surface area contributed by atoms with Crippen LogP contribution in [0.1, 0.15) is 21.6 Å². The number of aromatic nitrogens is 2. The van der Waals surface area contributed by atoms with Crippen molar-refractivity contribution in [1.29, 1.82) is 0 Å². The van der Waals surface area contributed by atoms with Crippen molar-refractivity contribution >= 4 is 38.9 Å². The van der Waals surface area contributed by atoms with Crippen LogP contribution in [0.4, 0.5) is 11.4 Å². The van der Waals surface area contributed by atoms with E-state index in [-0.39, 0.29) is 22.0 Å². The van der Waals surface area contributed by atoms with Crippen LogP contribution in [0.5, 0.6) is 5.75 Å². The third kappa shape index (κ3) is 5.31. The molecule has 1 heterocycles. The maximum Gasteiger partial charge on any atom is 0.273 e. The average molecular weight is 511 g/mol. The van der Waals surface area contributed by atoms with Crippen LogP contribution in [0.2, 0.25) is 5.02 Å². The molecule has 0 aliphatic rings. The molecule has 1 amide bonds. The molecule has 0 bridgehead atoms. The van der Waals surface area contributed by atoms with Crippen molar-refractivity contribution in [3.05, 3.63) is 88.7 Å². The lowest BCUT2D eigenvalue weighted by molar-refractivity contribution is 0.102. The van der Waals surface area contributed by atoms with Crippen LogP contribution in [0, 0.1) is 13.8 Å². The fourth-order valence-corrected chi connectivity index (χ4v) is 5.33. The summed E-state index contributed by atoms with van der Waals surface area (Å²) in [5, 5.41) is 3.22.